The molecule has 0 heterocycles. The van der Waals surface area contributed by atoms with Gasteiger partial charge in [-0.1, -0.05) is 84.9 Å². The summed E-state index contributed by atoms with van der Waals surface area (Å²) >= 11 is 0. The fourth-order valence-corrected chi connectivity index (χ4v) is 5.37. The van der Waals surface area contributed by atoms with Gasteiger partial charge in [-0.2, -0.15) is 0 Å². The molecule has 0 aliphatic heterocycles. The zero-order valence-corrected chi connectivity index (χ0v) is 19.2. The number of alkyl halides is 1. The van der Waals surface area contributed by atoms with Crippen LogP contribution >= 0.6 is 0 Å². The summed E-state index contributed by atoms with van der Waals surface area (Å²) in [6, 6.07) is 25.9. The summed E-state index contributed by atoms with van der Waals surface area (Å²) in [5.74, 6) is -0.758. The maximum absolute atomic E-state index is 16.8. The molecule has 3 aromatic carbocycles. The highest BCUT2D eigenvalue weighted by molar-refractivity contribution is 7.92. The fourth-order valence-electron chi connectivity index (χ4n) is 3.62. The number of rotatable bonds is 10. The molecule has 0 fully saturated rings. The molecule has 172 valence electrons. The van der Waals surface area contributed by atoms with Crippen molar-refractivity contribution in [1.29, 1.82) is 0 Å². The molecule has 3 rings (SSSR count). The zero-order chi connectivity index (χ0) is 23.7. The summed E-state index contributed by atoms with van der Waals surface area (Å²) in [4.78, 5) is 11.7. The number of halogens is 1. The van der Waals surface area contributed by atoms with Gasteiger partial charge in [0.15, 0.2) is 6.10 Å². The molecule has 0 radical (unpaired) electrons. The first-order valence-electron chi connectivity index (χ1n) is 10.8. The largest absolute Gasteiger partial charge is 0.454 e. The van der Waals surface area contributed by atoms with Crippen LogP contribution in [0.25, 0.3) is 6.08 Å². The average molecular weight is 467 g/mol. The molecule has 2 atom stereocenters. The third kappa shape index (κ3) is 6.17. The predicted octanol–water partition coefficient (Wildman–Crippen LogP) is 5.79. The SMILES string of the molecule is CC(=O)OC(/C=C/c1ccccc1)C(F)(CCCc1ccccc1)S(=O)(=O)c1ccccc1. The lowest BCUT2D eigenvalue weighted by Crippen LogP contribution is -2.46. The second kappa shape index (κ2) is 11.1. The topological polar surface area (TPSA) is 60.4 Å². The molecule has 0 amide bonds. The Balaban J connectivity index is 1.99. The minimum Gasteiger partial charge on any atom is -0.454 e. The Labute approximate surface area is 194 Å². The van der Waals surface area contributed by atoms with E-state index in [0.29, 0.717) is 6.42 Å². The van der Waals surface area contributed by atoms with Crippen molar-refractivity contribution in [2.45, 2.75) is 42.2 Å². The minimum absolute atomic E-state index is 0.155. The van der Waals surface area contributed by atoms with Gasteiger partial charge in [0, 0.05) is 13.3 Å². The third-order valence-corrected chi connectivity index (χ3v) is 7.53. The molecule has 3 aromatic rings. The van der Waals surface area contributed by atoms with E-state index in [-0.39, 0.29) is 17.7 Å². The van der Waals surface area contributed by atoms with E-state index in [0.717, 1.165) is 18.1 Å². The van der Waals surface area contributed by atoms with Gasteiger partial charge in [-0.05, 0) is 42.2 Å². The zero-order valence-electron chi connectivity index (χ0n) is 18.4. The second-order valence-electron chi connectivity index (χ2n) is 7.74. The minimum atomic E-state index is -4.50. The van der Waals surface area contributed by atoms with E-state index in [1.54, 1.807) is 24.3 Å². The van der Waals surface area contributed by atoms with E-state index >= 15 is 4.39 Å². The van der Waals surface area contributed by atoms with Crippen molar-refractivity contribution >= 4 is 21.9 Å². The highest BCUT2D eigenvalue weighted by Crippen LogP contribution is 2.38. The molecule has 4 nitrogen and oxygen atoms in total. The molecule has 0 aromatic heterocycles. The van der Waals surface area contributed by atoms with Gasteiger partial charge >= 0.3 is 5.97 Å². The normalized spacial score (nSPS) is 14.5. The van der Waals surface area contributed by atoms with Crippen molar-refractivity contribution in [1.82, 2.24) is 0 Å². The fraction of sp³-hybridized carbons (Fsp3) is 0.222. The van der Waals surface area contributed by atoms with Crippen molar-refractivity contribution in [3.05, 3.63) is 108 Å². The van der Waals surface area contributed by atoms with Crippen molar-refractivity contribution in [3.63, 3.8) is 0 Å². The molecule has 33 heavy (non-hydrogen) atoms. The molecule has 6 heteroatoms. The van der Waals surface area contributed by atoms with E-state index in [2.05, 4.69) is 0 Å². The number of sulfone groups is 1. The van der Waals surface area contributed by atoms with Crippen LogP contribution in [-0.2, 0) is 25.8 Å². The quantitative estimate of drug-likeness (QED) is 0.355. The van der Waals surface area contributed by atoms with Crippen LogP contribution in [0.5, 0.6) is 0 Å². The van der Waals surface area contributed by atoms with Crippen LogP contribution < -0.4 is 0 Å². The van der Waals surface area contributed by atoms with Gasteiger partial charge in [0.2, 0.25) is 9.84 Å². The summed E-state index contributed by atoms with van der Waals surface area (Å²) in [6.07, 6.45) is 1.68. The number of esters is 1. The Bertz CT molecular complexity index is 1160. The molecule has 0 N–H and O–H groups in total. The van der Waals surface area contributed by atoms with Crippen LogP contribution in [0, 0.1) is 0 Å². The Morgan fingerprint density at radius 3 is 2.06 bits per heavy atom. The lowest BCUT2D eigenvalue weighted by atomic mass is 10.0. The van der Waals surface area contributed by atoms with Crippen LogP contribution in [-0.4, -0.2) is 25.5 Å². The first-order chi connectivity index (χ1) is 15.8. The molecule has 0 saturated carbocycles. The van der Waals surface area contributed by atoms with Crippen molar-refractivity contribution < 1.29 is 22.3 Å². The van der Waals surface area contributed by atoms with Crippen LogP contribution in [0.3, 0.4) is 0 Å². The standard InChI is InChI=1S/C27H27FO4S/c1-22(29)32-26(20-19-24-14-7-3-8-15-24)27(28,21-11-16-23-12-5-2-6-13-23)33(30,31)25-17-9-4-10-18-25/h2-10,12-15,17-20,26H,11,16,21H2,1H3/b20-19+. The van der Waals surface area contributed by atoms with E-state index in [1.165, 1.54) is 30.3 Å². The van der Waals surface area contributed by atoms with Gasteiger partial charge in [0.25, 0.3) is 5.00 Å². The van der Waals surface area contributed by atoms with Crippen molar-refractivity contribution in [2.24, 2.45) is 0 Å². The molecule has 0 aliphatic rings. The smallest absolute Gasteiger partial charge is 0.303 e. The summed E-state index contributed by atoms with van der Waals surface area (Å²) in [5.41, 5.74) is 1.71. The Hall–Kier alpha value is -3.25. The summed E-state index contributed by atoms with van der Waals surface area (Å²) in [6.45, 7) is 1.14. The van der Waals surface area contributed by atoms with Crippen LogP contribution in [0.2, 0.25) is 0 Å². The molecular formula is C27H27FO4S. The molecular weight excluding hydrogens is 439 g/mol. The molecule has 2 unspecified atom stereocenters. The van der Waals surface area contributed by atoms with E-state index in [1.807, 2.05) is 48.5 Å². The monoisotopic (exact) mass is 466 g/mol. The lowest BCUT2D eigenvalue weighted by molar-refractivity contribution is -0.148. The Kier molecular flexibility index (Phi) is 8.17. The maximum atomic E-state index is 16.8. The van der Waals surface area contributed by atoms with Gasteiger partial charge in [-0.25, -0.2) is 12.8 Å². The van der Waals surface area contributed by atoms with E-state index in [9.17, 15) is 13.2 Å². The van der Waals surface area contributed by atoms with Gasteiger partial charge in [-0.3, -0.25) is 4.79 Å². The first-order valence-corrected chi connectivity index (χ1v) is 12.2. The number of benzene rings is 3. The number of carbonyl (C=O) groups is 1. The summed E-state index contributed by atoms with van der Waals surface area (Å²) in [5, 5.41) is -2.85. The lowest BCUT2D eigenvalue weighted by Gasteiger charge is -2.31. The van der Waals surface area contributed by atoms with E-state index < -0.39 is 26.9 Å². The number of hydrogen-bond acceptors (Lipinski definition) is 4. The number of hydrogen-bond donors (Lipinski definition) is 0. The number of aryl methyl sites for hydroxylation is 1. The maximum Gasteiger partial charge on any atom is 0.303 e. The highest BCUT2D eigenvalue weighted by Gasteiger charge is 2.52. The van der Waals surface area contributed by atoms with Gasteiger partial charge in [-0.15, -0.1) is 0 Å². The van der Waals surface area contributed by atoms with E-state index in [4.69, 9.17) is 4.74 Å². The molecule has 0 spiro atoms. The first kappa shape index (κ1) is 24.4. The number of ether oxygens (including phenoxy) is 1. The van der Waals surface area contributed by atoms with Crippen LogP contribution in [0.4, 0.5) is 4.39 Å². The Morgan fingerprint density at radius 1 is 0.939 bits per heavy atom. The van der Waals surface area contributed by atoms with Crippen LogP contribution in [0.15, 0.2) is 102 Å². The third-order valence-electron chi connectivity index (χ3n) is 5.31. The molecule has 0 aliphatic carbocycles. The van der Waals surface area contributed by atoms with Crippen LogP contribution in [0.1, 0.15) is 30.9 Å². The predicted molar refractivity (Wildman–Crippen MR) is 128 cm³/mol. The second-order valence-corrected chi connectivity index (χ2v) is 9.90. The Morgan fingerprint density at radius 2 is 1.48 bits per heavy atom. The van der Waals surface area contributed by atoms with Crippen molar-refractivity contribution in [2.75, 3.05) is 0 Å². The average Bonchev–Trinajstić information content (AvgIpc) is 2.83. The van der Waals surface area contributed by atoms with Gasteiger partial charge in [0.1, 0.15) is 0 Å². The molecule has 0 saturated heterocycles. The van der Waals surface area contributed by atoms with Crippen molar-refractivity contribution in [3.8, 4) is 0 Å². The summed E-state index contributed by atoms with van der Waals surface area (Å²) < 4.78 is 49.1. The van der Waals surface area contributed by atoms with Gasteiger partial charge < -0.3 is 4.74 Å². The van der Waals surface area contributed by atoms with Gasteiger partial charge in [0.05, 0.1) is 4.90 Å². The molecule has 0 bridgehead atoms. The summed E-state index contributed by atoms with van der Waals surface area (Å²) in [7, 11) is -4.50. The highest BCUT2D eigenvalue weighted by atomic mass is 32.2. The number of carbonyl (C=O) groups excluding carboxylic acids is 1.